The van der Waals surface area contributed by atoms with Gasteiger partial charge in [0.2, 0.25) is 0 Å². The molecule has 1 heterocycles. The van der Waals surface area contributed by atoms with E-state index < -0.39 is 0 Å². The van der Waals surface area contributed by atoms with Crippen LogP contribution in [0.2, 0.25) is 0 Å². The molecule has 1 saturated heterocycles. The molecule has 16 heavy (non-hydrogen) atoms. The van der Waals surface area contributed by atoms with Gasteiger partial charge in [-0.15, -0.1) is 0 Å². The van der Waals surface area contributed by atoms with E-state index in [2.05, 4.69) is 25.7 Å². The van der Waals surface area contributed by atoms with Gasteiger partial charge < -0.3 is 5.73 Å². The van der Waals surface area contributed by atoms with Gasteiger partial charge in [-0.05, 0) is 38.0 Å². The van der Waals surface area contributed by atoms with Crippen LogP contribution in [0.3, 0.4) is 0 Å². The third-order valence-corrected chi connectivity index (χ3v) is 5.06. The Kier molecular flexibility index (Phi) is 3.91. The van der Waals surface area contributed by atoms with Gasteiger partial charge in [-0.2, -0.15) is 0 Å². The van der Waals surface area contributed by atoms with Gasteiger partial charge in [0.15, 0.2) is 0 Å². The molecule has 2 fully saturated rings. The number of rotatable bonds is 1. The van der Waals surface area contributed by atoms with E-state index in [0.29, 0.717) is 12.1 Å². The van der Waals surface area contributed by atoms with E-state index in [1.807, 2.05) is 0 Å². The van der Waals surface area contributed by atoms with Crippen LogP contribution in [0.1, 0.15) is 52.9 Å². The summed E-state index contributed by atoms with van der Waals surface area (Å²) in [7, 11) is 0. The molecule has 1 aliphatic heterocycles. The Morgan fingerprint density at radius 1 is 1.06 bits per heavy atom. The Labute approximate surface area is 101 Å². The van der Waals surface area contributed by atoms with Crippen LogP contribution in [0.15, 0.2) is 0 Å². The van der Waals surface area contributed by atoms with Crippen LogP contribution < -0.4 is 5.73 Å². The highest BCUT2D eigenvalue weighted by molar-refractivity contribution is 4.90. The zero-order valence-electron chi connectivity index (χ0n) is 11.2. The topological polar surface area (TPSA) is 29.3 Å². The first kappa shape index (κ1) is 12.4. The Balaban J connectivity index is 2.00. The fourth-order valence-corrected chi connectivity index (χ4v) is 3.74. The molecule has 0 radical (unpaired) electrons. The van der Waals surface area contributed by atoms with Crippen LogP contribution in [0.25, 0.3) is 0 Å². The molecular weight excluding hydrogens is 196 g/mol. The highest BCUT2D eigenvalue weighted by Crippen LogP contribution is 2.35. The Bertz CT molecular complexity index is 229. The lowest BCUT2D eigenvalue weighted by Gasteiger charge is -2.47. The maximum Gasteiger partial charge on any atom is 0.0126 e. The first-order valence-electron chi connectivity index (χ1n) is 7.11. The highest BCUT2D eigenvalue weighted by Gasteiger charge is 2.35. The molecule has 2 heteroatoms. The van der Waals surface area contributed by atoms with E-state index >= 15 is 0 Å². The molecule has 2 aliphatic rings. The van der Waals surface area contributed by atoms with Crippen LogP contribution in [0, 0.1) is 11.8 Å². The predicted molar refractivity (Wildman–Crippen MR) is 69.3 cm³/mol. The minimum atomic E-state index is 0.447. The minimum Gasteiger partial charge on any atom is -0.328 e. The van der Waals surface area contributed by atoms with Gasteiger partial charge in [0.25, 0.3) is 0 Å². The minimum absolute atomic E-state index is 0.447. The second-order valence-electron chi connectivity index (χ2n) is 6.21. The number of hydrogen-bond donors (Lipinski definition) is 1. The smallest absolute Gasteiger partial charge is 0.0126 e. The number of nitrogens with zero attached hydrogens (tertiary/aromatic N) is 1. The van der Waals surface area contributed by atoms with Crippen LogP contribution in [-0.2, 0) is 0 Å². The molecule has 2 rings (SSSR count). The third kappa shape index (κ3) is 2.43. The Morgan fingerprint density at radius 2 is 1.81 bits per heavy atom. The summed E-state index contributed by atoms with van der Waals surface area (Å²) in [5.74, 6) is 1.77. The average molecular weight is 224 g/mol. The normalized spacial score (nSPS) is 46.9. The molecule has 0 amide bonds. The lowest BCUT2D eigenvalue weighted by molar-refractivity contribution is 0.0271. The molecule has 0 aromatic carbocycles. The second-order valence-corrected chi connectivity index (χ2v) is 6.21. The zero-order chi connectivity index (χ0) is 11.7. The number of hydrogen-bond acceptors (Lipinski definition) is 2. The first-order chi connectivity index (χ1) is 7.59. The van der Waals surface area contributed by atoms with Crippen molar-refractivity contribution in [2.24, 2.45) is 17.6 Å². The van der Waals surface area contributed by atoms with Gasteiger partial charge in [-0.1, -0.05) is 26.7 Å². The van der Waals surface area contributed by atoms with Crippen molar-refractivity contribution in [1.29, 1.82) is 0 Å². The standard InChI is InChI=1S/C14H28N2/c1-10-5-4-6-14(12(10)3)16-8-7-13(15)9-11(16)2/h10-14H,4-9,15H2,1-3H3. The van der Waals surface area contributed by atoms with Crippen LogP contribution in [0.5, 0.6) is 0 Å². The maximum absolute atomic E-state index is 6.05. The van der Waals surface area contributed by atoms with E-state index in [1.165, 1.54) is 38.6 Å². The molecule has 0 spiro atoms. The maximum atomic E-state index is 6.05. The molecular formula is C14H28N2. The first-order valence-corrected chi connectivity index (χ1v) is 7.11. The summed E-state index contributed by atoms with van der Waals surface area (Å²) in [5.41, 5.74) is 6.05. The van der Waals surface area contributed by atoms with E-state index in [4.69, 9.17) is 5.73 Å². The van der Waals surface area contributed by atoms with Crippen molar-refractivity contribution in [3.05, 3.63) is 0 Å². The van der Waals surface area contributed by atoms with Crippen molar-refractivity contribution >= 4 is 0 Å². The molecule has 5 unspecified atom stereocenters. The van der Waals surface area contributed by atoms with Crippen molar-refractivity contribution in [2.75, 3.05) is 6.54 Å². The van der Waals surface area contributed by atoms with Crippen molar-refractivity contribution in [3.63, 3.8) is 0 Å². The van der Waals surface area contributed by atoms with E-state index in [9.17, 15) is 0 Å². The molecule has 2 nitrogen and oxygen atoms in total. The second kappa shape index (κ2) is 5.05. The number of piperidine rings is 1. The molecule has 2 N–H and O–H groups in total. The summed E-state index contributed by atoms with van der Waals surface area (Å²) in [6.45, 7) is 8.47. The average Bonchev–Trinajstić information content (AvgIpc) is 2.23. The monoisotopic (exact) mass is 224 g/mol. The molecule has 5 atom stereocenters. The Morgan fingerprint density at radius 3 is 2.50 bits per heavy atom. The summed E-state index contributed by atoms with van der Waals surface area (Å²) < 4.78 is 0. The fourth-order valence-electron chi connectivity index (χ4n) is 3.74. The lowest BCUT2D eigenvalue weighted by Crippen LogP contribution is -2.53. The van der Waals surface area contributed by atoms with Gasteiger partial charge >= 0.3 is 0 Å². The summed E-state index contributed by atoms with van der Waals surface area (Å²) >= 11 is 0. The third-order valence-electron chi connectivity index (χ3n) is 5.06. The van der Waals surface area contributed by atoms with Crippen LogP contribution in [0.4, 0.5) is 0 Å². The van der Waals surface area contributed by atoms with Crippen molar-refractivity contribution in [2.45, 2.75) is 71.0 Å². The van der Waals surface area contributed by atoms with Gasteiger partial charge in [-0.25, -0.2) is 0 Å². The molecule has 0 aromatic heterocycles. The molecule has 1 saturated carbocycles. The predicted octanol–water partition coefficient (Wildman–Crippen LogP) is 2.62. The fraction of sp³-hybridized carbons (Fsp3) is 1.00. The van der Waals surface area contributed by atoms with Crippen molar-refractivity contribution in [1.82, 2.24) is 4.90 Å². The van der Waals surface area contributed by atoms with Gasteiger partial charge in [-0.3, -0.25) is 4.90 Å². The molecule has 94 valence electrons. The molecule has 0 aromatic rings. The van der Waals surface area contributed by atoms with Crippen molar-refractivity contribution in [3.8, 4) is 0 Å². The van der Waals surface area contributed by atoms with Crippen LogP contribution in [-0.4, -0.2) is 29.6 Å². The van der Waals surface area contributed by atoms with Crippen molar-refractivity contribution < 1.29 is 0 Å². The quantitative estimate of drug-likeness (QED) is 0.742. The van der Waals surface area contributed by atoms with Crippen LogP contribution >= 0.6 is 0 Å². The lowest BCUT2D eigenvalue weighted by atomic mass is 9.76. The SMILES string of the molecule is CC1CCCC(N2CCC(N)CC2C)C1C. The molecule has 0 bridgehead atoms. The van der Waals surface area contributed by atoms with E-state index in [1.54, 1.807) is 0 Å². The highest BCUT2D eigenvalue weighted by atomic mass is 15.2. The van der Waals surface area contributed by atoms with E-state index in [-0.39, 0.29) is 0 Å². The summed E-state index contributed by atoms with van der Waals surface area (Å²) in [6.07, 6.45) is 6.65. The summed E-state index contributed by atoms with van der Waals surface area (Å²) in [4.78, 5) is 2.75. The van der Waals surface area contributed by atoms with Gasteiger partial charge in [0.05, 0.1) is 0 Å². The summed E-state index contributed by atoms with van der Waals surface area (Å²) in [6, 6.07) is 1.97. The number of likely N-dealkylation sites (tertiary alicyclic amines) is 1. The zero-order valence-corrected chi connectivity index (χ0v) is 11.2. The summed E-state index contributed by atoms with van der Waals surface area (Å²) in [5, 5.41) is 0. The van der Waals surface area contributed by atoms with Gasteiger partial charge in [0, 0.05) is 24.7 Å². The van der Waals surface area contributed by atoms with Gasteiger partial charge in [0.1, 0.15) is 0 Å². The van der Waals surface area contributed by atoms with E-state index in [0.717, 1.165) is 17.9 Å². The largest absolute Gasteiger partial charge is 0.328 e. The Hall–Kier alpha value is -0.0800. The number of nitrogens with two attached hydrogens (primary N) is 1. The molecule has 1 aliphatic carbocycles.